The van der Waals surface area contributed by atoms with E-state index in [0.717, 1.165) is 24.9 Å². The van der Waals surface area contributed by atoms with E-state index in [1.165, 1.54) is 5.41 Å². The average Bonchev–Trinajstić information content (AvgIpc) is 2.91. The molecule has 2 aliphatic heterocycles. The van der Waals surface area contributed by atoms with Gasteiger partial charge in [-0.05, 0) is 36.9 Å². The van der Waals surface area contributed by atoms with Crippen LogP contribution in [-0.4, -0.2) is 38.4 Å². The summed E-state index contributed by atoms with van der Waals surface area (Å²) >= 11 is 0. The van der Waals surface area contributed by atoms with Gasteiger partial charge in [0.25, 0.3) is 0 Å². The van der Waals surface area contributed by atoms with Crippen LogP contribution in [0.2, 0.25) is 0 Å². The highest BCUT2D eigenvalue weighted by Gasteiger charge is 2.38. The lowest BCUT2D eigenvalue weighted by Crippen LogP contribution is -2.40. The first kappa shape index (κ1) is 13.8. The highest BCUT2D eigenvalue weighted by atomic mass is 32.2. The summed E-state index contributed by atoms with van der Waals surface area (Å²) in [5, 5.41) is 4.76. The zero-order valence-corrected chi connectivity index (χ0v) is 12.2. The van der Waals surface area contributed by atoms with E-state index in [9.17, 15) is 8.42 Å². The predicted molar refractivity (Wildman–Crippen MR) is 80.5 cm³/mol. The fourth-order valence-electron chi connectivity index (χ4n) is 3.03. The SMILES string of the molecule is O=S(=O)(/C=C/c1ccccc1)N1CC2CCCNC2C1. The summed E-state index contributed by atoms with van der Waals surface area (Å²) in [5.74, 6) is 0.476. The zero-order chi connectivity index (χ0) is 14.0. The maximum Gasteiger partial charge on any atom is 0.236 e. The molecule has 1 aromatic rings. The number of fused-ring (bicyclic) bond motifs is 1. The first-order chi connectivity index (χ1) is 9.65. The maximum atomic E-state index is 12.4. The number of benzene rings is 1. The number of rotatable bonds is 3. The van der Waals surface area contributed by atoms with Crippen molar-refractivity contribution in [3.05, 3.63) is 41.3 Å². The molecular formula is C15H20N2O2S. The molecule has 0 spiro atoms. The summed E-state index contributed by atoms with van der Waals surface area (Å²) < 4.78 is 26.3. The van der Waals surface area contributed by atoms with Gasteiger partial charge in [-0.2, -0.15) is 4.31 Å². The van der Waals surface area contributed by atoms with Crippen LogP contribution < -0.4 is 5.32 Å². The van der Waals surface area contributed by atoms with Crippen molar-refractivity contribution in [3.63, 3.8) is 0 Å². The lowest BCUT2D eigenvalue weighted by molar-refractivity contribution is 0.339. The Labute approximate surface area is 120 Å². The first-order valence-corrected chi connectivity index (χ1v) is 8.62. The minimum absolute atomic E-state index is 0.337. The van der Waals surface area contributed by atoms with E-state index < -0.39 is 10.0 Å². The summed E-state index contributed by atoms with van der Waals surface area (Å²) in [6.45, 7) is 2.26. The Balaban J connectivity index is 1.71. The molecule has 2 aliphatic rings. The molecule has 1 aromatic carbocycles. The zero-order valence-electron chi connectivity index (χ0n) is 11.4. The molecule has 0 saturated carbocycles. The van der Waals surface area contributed by atoms with Crippen molar-refractivity contribution in [3.8, 4) is 0 Å². The molecule has 2 heterocycles. The Morgan fingerprint density at radius 2 is 2.00 bits per heavy atom. The van der Waals surface area contributed by atoms with Crippen molar-refractivity contribution in [2.45, 2.75) is 18.9 Å². The average molecular weight is 292 g/mol. The number of hydrogen-bond donors (Lipinski definition) is 1. The molecule has 3 rings (SSSR count). The van der Waals surface area contributed by atoms with Crippen molar-refractivity contribution >= 4 is 16.1 Å². The van der Waals surface area contributed by atoms with Crippen molar-refractivity contribution in [1.29, 1.82) is 0 Å². The molecule has 0 bridgehead atoms. The van der Waals surface area contributed by atoms with E-state index in [0.29, 0.717) is 25.0 Å². The summed E-state index contributed by atoms with van der Waals surface area (Å²) in [4.78, 5) is 0. The van der Waals surface area contributed by atoms with Gasteiger partial charge in [0.15, 0.2) is 0 Å². The first-order valence-electron chi connectivity index (χ1n) is 7.12. The van der Waals surface area contributed by atoms with Crippen LogP contribution in [-0.2, 0) is 10.0 Å². The summed E-state index contributed by atoms with van der Waals surface area (Å²) in [6, 6.07) is 9.86. The van der Waals surface area contributed by atoms with E-state index >= 15 is 0 Å². The number of nitrogens with zero attached hydrogens (tertiary/aromatic N) is 1. The Kier molecular flexibility index (Phi) is 3.92. The number of nitrogens with one attached hydrogen (secondary N) is 1. The van der Waals surface area contributed by atoms with Crippen LogP contribution in [0.15, 0.2) is 35.7 Å². The summed E-state index contributed by atoms with van der Waals surface area (Å²) in [6.07, 6.45) is 3.95. The third kappa shape index (κ3) is 2.95. The smallest absolute Gasteiger partial charge is 0.236 e. The molecule has 1 N–H and O–H groups in total. The number of sulfonamides is 1. The van der Waals surface area contributed by atoms with Crippen LogP contribution in [0.5, 0.6) is 0 Å². The molecule has 4 nitrogen and oxygen atoms in total. The molecule has 20 heavy (non-hydrogen) atoms. The van der Waals surface area contributed by atoms with E-state index in [1.807, 2.05) is 30.3 Å². The van der Waals surface area contributed by atoms with Crippen LogP contribution in [0.25, 0.3) is 6.08 Å². The predicted octanol–water partition coefficient (Wildman–Crippen LogP) is 1.67. The Morgan fingerprint density at radius 1 is 1.20 bits per heavy atom. The van der Waals surface area contributed by atoms with Gasteiger partial charge in [0, 0.05) is 24.5 Å². The van der Waals surface area contributed by atoms with Crippen molar-refractivity contribution < 1.29 is 8.42 Å². The Hall–Kier alpha value is -1.17. The third-order valence-electron chi connectivity index (χ3n) is 4.16. The van der Waals surface area contributed by atoms with Crippen LogP contribution in [0.4, 0.5) is 0 Å². The van der Waals surface area contributed by atoms with Crippen molar-refractivity contribution in [2.24, 2.45) is 5.92 Å². The quantitative estimate of drug-likeness (QED) is 0.922. The lowest BCUT2D eigenvalue weighted by Gasteiger charge is -2.24. The molecule has 0 amide bonds. The molecule has 2 unspecified atom stereocenters. The number of hydrogen-bond acceptors (Lipinski definition) is 3. The van der Waals surface area contributed by atoms with Crippen LogP contribution in [0, 0.1) is 5.92 Å². The van der Waals surface area contributed by atoms with Gasteiger partial charge < -0.3 is 5.32 Å². The Morgan fingerprint density at radius 3 is 2.75 bits per heavy atom. The topological polar surface area (TPSA) is 49.4 Å². The summed E-state index contributed by atoms with van der Waals surface area (Å²) in [5.41, 5.74) is 0.908. The van der Waals surface area contributed by atoms with E-state index in [-0.39, 0.29) is 0 Å². The Bertz CT molecular complexity index is 569. The second kappa shape index (κ2) is 5.68. The van der Waals surface area contributed by atoms with Gasteiger partial charge >= 0.3 is 0 Å². The minimum atomic E-state index is -3.30. The number of piperidine rings is 1. The monoisotopic (exact) mass is 292 g/mol. The second-order valence-corrected chi connectivity index (χ2v) is 7.36. The van der Waals surface area contributed by atoms with Gasteiger partial charge in [-0.1, -0.05) is 30.3 Å². The van der Waals surface area contributed by atoms with Gasteiger partial charge in [-0.15, -0.1) is 0 Å². The van der Waals surface area contributed by atoms with Crippen molar-refractivity contribution in [1.82, 2.24) is 9.62 Å². The van der Waals surface area contributed by atoms with Gasteiger partial charge in [0.1, 0.15) is 0 Å². The van der Waals surface area contributed by atoms with Gasteiger partial charge in [-0.25, -0.2) is 8.42 Å². The highest BCUT2D eigenvalue weighted by molar-refractivity contribution is 7.92. The fraction of sp³-hybridized carbons (Fsp3) is 0.467. The molecule has 5 heteroatoms. The van der Waals surface area contributed by atoms with Gasteiger partial charge in [-0.3, -0.25) is 0 Å². The molecule has 2 atom stereocenters. The van der Waals surface area contributed by atoms with E-state index in [4.69, 9.17) is 0 Å². The fourth-order valence-corrected chi connectivity index (χ4v) is 4.30. The standard InChI is InChI=1S/C15H20N2O2S/c18-20(19,10-8-13-5-2-1-3-6-13)17-11-14-7-4-9-16-15(14)12-17/h1-3,5-6,8,10,14-16H,4,7,9,11-12H2/b10-8+. The third-order valence-corrected chi connectivity index (χ3v) is 5.66. The molecular weight excluding hydrogens is 272 g/mol. The lowest BCUT2D eigenvalue weighted by atomic mass is 9.94. The van der Waals surface area contributed by atoms with E-state index in [2.05, 4.69) is 5.32 Å². The minimum Gasteiger partial charge on any atom is -0.312 e. The van der Waals surface area contributed by atoms with Crippen LogP contribution >= 0.6 is 0 Å². The van der Waals surface area contributed by atoms with Gasteiger partial charge in [0.05, 0.1) is 0 Å². The highest BCUT2D eigenvalue weighted by Crippen LogP contribution is 2.27. The van der Waals surface area contributed by atoms with Crippen LogP contribution in [0.1, 0.15) is 18.4 Å². The second-order valence-electron chi connectivity index (χ2n) is 5.54. The molecule has 0 radical (unpaired) electrons. The largest absolute Gasteiger partial charge is 0.312 e. The van der Waals surface area contributed by atoms with Crippen LogP contribution in [0.3, 0.4) is 0 Å². The molecule has 108 valence electrons. The summed E-state index contributed by atoms with van der Waals surface area (Å²) in [7, 11) is -3.30. The molecule has 0 aliphatic carbocycles. The van der Waals surface area contributed by atoms with Gasteiger partial charge in [0.2, 0.25) is 10.0 Å². The molecule has 2 fully saturated rings. The molecule has 2 saturated heterocycles. The normalized spacial score (nSPS) is 27.8. The van der Waals surface area contributed by atoms with Crippen molar-refractivity contribution in [2.75, 3.05) is 19.6 Å². The van der Waals surface area contributed by atoms with E-state index in [1.54, 1.807) is 10.4 Å². The molecule has 0 aromatic heterocycles. The maximum absolute atomic E-state index is 12.4.